The molecule has 1 aromatic heterocycles. The summed E-state index contributed by atoms with van der Waals surface area (Å²) < 4.78 is 0.797. The molecule has 0 bridgehead atoms. The fraction of sp³-hybridized carbons (Fsp3) is 0.643. The van der Waals surface area contributed by atoms with Crippen molar-refractivity contribution in [3.63, 3.8) is 0 Å². The van der Waals surface area contributed by atoms with Gasteiger partial charge in [-0.05, 0) is 44.2 Å². The molecule has 1 aliphatic carbocycles. The third-order valence-corrected chi connectivity index (χ3v) is 5.19. The van der Waals surface area contributed by atoms with Gasteiger partial charge in [-0.1, -0.05) is 11.6 Å². The topological polar surface area (TPSA) is 69.6 Å². The van der Waals surface area contributed by atoms with E-state index in [1.807, 2.05) is 12.1 Å². The number of halogens is 1. The van der Waals surface area contributed by atoms with E-state index in [2.05, 4.69) is 5.32 Å². The van der Waals surface area contributed by atoms with Gasteiger partial charge in [0.2, 0.25) is 0 Å². The van der Waals surface area contributed by atoms with Gasteiger partial charge in [0.1, 0.15) is 0 Å². The quantitative estimate of drug-likeness (QED) is 0.705. The molecule has 0 aromatic carbocycles. The molecule has 0 atom stereocenters. The standard InChI is InChI=1S/C14H20ClNO3S/c15-12-2-1-11(20-12)5-8-16-9-14(19)6-3-10(4-7-14)13(17)18/h1-2,10,16,19H,3-9H2,(H,17,18). The van der Waals surface area contributed by atoms with Crippen LogP contribution < -0.4 is 5.32 Å². The summed E-state index contributed by atoms with van der Waals surface area (Å²) >= 11 is 7.44. The van der Waals surface area contributed by atoms with Crippen LogP contribution in [0.2, 0.25) is 4.34 Å². The minimum absolute atomic E-state index is 0.288. The van der Waals surface area contributed by atoms with Gasteiger partial charge in [-0.2, -0.15) is 0 Å². The summed E-state index contributed by atoms with van der Waals surface area (Å²) in [5, 5.41) is 22.6. The van der Waals surface area contributed by atoms with E-state index in [0.717, 1.165) is 17.3 Å². The van der Waals surface area contributed by atoms with E-state index >= 15 is 0 Å². The van der Waals surface area contributed by atoms with Crippen LogP contribution in [-0.4, -0.2) is 34.9 Å². The maximum Gasteiger partial charge on any atom is 0.306 e. The van der Waals surface area contributed by atoms with Crippen molar-refractivity contribution in [3.05, 3.63) is 21.3 Å². The third kappa shape index (κ3) is 4.45. The zero-order chi connectivity index (χ0) is 14.6. The Bertz CT molecular complexity index is 455. The first-order chi connectivity index (χ1) is 9.48. The molecule has 112 valence electrons. The van der Waals surface area contributed by atoms with E-state index in [9.17, 15) is 9.90 Å². The zero-order valence-electron chi connectivity index (χ0n) is 11.3. The van der Waals surface area contributed by atoms with Crippen molar-refractivity contribution < 1.29 is 15.0 Å². The summed E-state index contributed by atoms with van der Waals surface area (Å²) in [6.45, 7) is 1.32. The van der Waals surface area contributed by atoms with Crippen LogP contribution in [0.5, 0.6) is 0 Å². The highest BCUT2D eigenvalue weighted by Crippen LogP contribution is 2.31. The number of carbonyl (C=O) groups is 1. The van der Waals surface area contributed by atoms with Crippen molar-refractivity contribution in [2.24, 2.45) is 5.92 Å². The third-order valence-electron chi connectivity index (χ3n) is 3.90. The Morgan fingerprint density at radius 1 is 1.45 bits per heavy atom. The van der Waals surface area contributed by atoms with Crippen LogP contribution in [-0.2, 0) is 11.2 Å². The van der Waals surface area contributed by atoms with Gasteiger partial charge in [0.05, 0.1) is 15.9 Å². The SMILES string of the molecule is O=C(O)C1CCC(O)(CNCCc2ccc(Cl)s2)CC1. The molecule has 20 heavy (non-hydrogen) atoms. The highest BCUT2D eigenvalue weighted by Gasteiger charge is 2.35. The van der Waals surface area contributed by atoms with E-state index in [-0.39, 0.29) is 5.92 Å². The lowest BCUT2D eigenvalue weighted by Crippen LogP contribution is -2.44. The molecule has 1 aromatic rings. The molecule has 0 amide bonds. The Balaban J connectivity index is 1.67. The largest absolute Gasteiger partial charge is 0.481 e. The first-order valence-corrected chi connectivity index (χ1v) is 8.08. The molecule has 0 aliphatic heterocycles. The maximum absolute atomic E-state index is 10.9. The summed E-state index contributed by atoms with van der Waals surface area (Å²) in [5.41, 5.74) is -0.751. The molecular weight excluding hydrogens is 298 g/mol. The van der Waals surface area contributed by atoms with Crippen LogP contribution in [0, 0.1) is 5.92 Å². The van der Waals surface area contributed by atoms with Crippen molar-refractivity contribution in [2.75, 3.05) is 13.1 Å². The molecule has 0 spiro atoms. The van der Waals surface area contributed by atoms with Crippen LogP contribution in [0.15, 0.2) is 12.1 Å². The highest BCUT2D eigenvalue weighted by molar-refractivity contribution is 7.16. The first-order valence-electron chi connectivity index (χ1n) is 6.89. The Hall–Kier alpha value is -0.620. The van der Waals surface area contributed by atoms with Crippen LogP contribution in [0.25, 0.3) is 0 Å². The van der Waals surface area contributed by atoms with E-state index in [0.29, 0.717) is 32.2 Å². The molecule has 6 heteroatoms. The number of hydrogen-bond donors (Lipinski definition) is 3. The van der Waals surface area contributed by atoms with Crippen LogP contribution in [0.1, 0.15) is 30.6 Å². The van der Waals surface area contributed by atoms with Crippen LogP contribution in [0.4, 0.5) is 0 Å². The van der Waals surface area contributed by atoms with Crippen molar-refractivity contribution >= 4 is 28.9 Å². The summed E-state index contributed by atoms with van der Waals surface area (Å²) in [4.78, 5) is 12.1. The maximum atomic E-state index is 10.9. The van der Waals surface area contributed by atoms with Gasteiger partial charge in [0.25, 0.3) is 0 Å². The van der Waals surface area contributed by atoms with Gasteiger partial charge >= 0.3 is 5.97 Å². The average Bonchev–Trinajstić information content (AvgIpc) is 2.81. The highest BCUT2D eigenvalue weighted by atomic mass is 35.5. The van der Waals surface area contributed by atoms with Crippen LogP contribution in [0.3, 0.4) is 0 Å². The summed E-state index contributed by atoms with van der Waals surface area (Å²) in [6, 6.07) is 3.91. The Kier molecular flexibility index (Phi) is 5.43. The molecule has 0 unspecified atom stereocenters. The number of carboxylic acid groups (broad SMARTS) is 1. The van der Waals surface area contributed by atoms with Gasteiger partial charge in [0, 0.05) is 18.0 Å². The summed E-state index contributed by atoms with van der Waals surface area (Å²) in [5.74, 6) is -1.03. The second kappa shape index (κ2) is 6.89. The lowest BCUT2D eigenvalue weighted by Gasteiger charge is -2.34. The minimum atomic E-state index is -0.751. The Morgan fingerprint density at radius 2 is 2.15 bits per heavy atom. The van der Waals surface area contributed by atoms with E-state index in [1.165, 1.54) is 4.88 Å². The molecule has 0 radical (unpaired) electrons. The number of aliphatic hydroxyl groups is 1. The second-order valence-electron chi connectivity index (χ2n) is 5.47. The molecule has 0 saturated heterocycles. The van der Waals surface area contributed by atoms with E-state index < -0.39 is 11.6 Å². The molecule has 1 heterocycles. The number of aliphatic carboxylic acids is 1. The molecule has 1 aliphatic rings. The van der Waals surface area contributed by atoms with E-state index in [4.69, 9.17) is 16.7 Å². The minimum Gasteiger partial charge on any atom is -0.481 e. The van der Waals surface area contributed by atoms with Gasteiger partial charge in [-0.25, -0.2) is 0 Å². The van der Waals surface area contributed by atoms with Gasteiger partial charge < -0.3 is 15.5 Å². The smallest absolute Gasteiger partial charge is 0.306 e. The number of rotatable bonds is 6. The molecule has 3 N–H and O–H groups in total. The van der Waals surface area contributed by atoms with Gasteiger partial charge in [-0.3, -0.25) is 4.79 Å². The summed E-state index contributed by atoms with van der Waals surface area (Å²) in [6.07, 6.45) is 3.14. The fourth-order valence-electron chi connectivity index (χ4n) is 2.60. The predicted octanol–water partition coefficient (Wildman–Crippen LogP) is 2.54. The lowest BCUT2D eigenvalue weighted by molar-refractivity contribution is -0.144. The van der Waals surface area contributed by atoms with Crippen molar-refractivity contribution in [1.29, 1.82) is 0 Å². The number of nitrogens with one attached hydrogen (secondary N) is 1. The second-order valence-corrected chi connectivity index (χ2v) is 7.27. The van der Waals surface area contributed by atoms with Crippen LogP contribution >= 0.6 is 22.9 Å². The molecular formula is C14H20ClNO3S. The lowest BCUT2D eigenvalue weighted by atomic mass is 9.79. The number of hydrogen-bond acceptors (Lipinski definition) is 4. The van der Waals surface area contributed by atoms with Gasteiger partial charge in [0.15, 0.2) is 0 Å². The monoisotopic (exact) mass is 317 g/mol. The normalized spacial score (nSPS) is 26.6. The van der Waals surface area contributed by atoms with Crippen molar-refractivity contribution in [1.82, 2.24) is 5.32 Å². The van der Waals surface area contributed by atoms with Crippen molar-refractivity contribution in [3.8, 4) is 0 Å². The molecule has 1 fully saturated rings. The van der Waals surface area contributed by atoms with E-state index in [1.54, 1.807) is 11.3 Å². The zero-order valence-corrected chi connectivity index (χ0v) is 12.8. The first kappa shape index (κ1) is 15.8. The number of thiophene rings is 1. The molecule has 4 nitrogen and oxygen atoms in total. The molecule has 1 saturated carbocycles. The Labute approximate surface area is 127 Å². The number of carboxylic acids is 1. The average molecular weight is 318 g/mol. The molecule has 2 rings (SSSR count). The Morgan fingerprint density at radius 3 is 2.70 bits per heavy atom. The fourth-order valence-corrected chi connectivity index (χ4v) is 3.68. The van der Waals surface area contributed by atoms with Gasteiger partial charge in [-0.15, -0.1) is 11.3 Å². The summed E-state index contributed by atoms with van der Waals surface area (Å²) in [7, 11) is 0. The predicted molar refractivity (Wildman–Crippen MR) is 80.4 cm³/mol. The van der Waals surface area contributed by atoms with Crippen molar-refractivity contribution in [2.45, 2.75) is 37.7 Å².